The van der Waals surface area contributed by atoms with Gasteiger partial charge in [0.1, 0.15) is 6.29 Å². The van der Waals surface area contributed by atoms with E-state index in [9.17, 15) is 4.79 Å². The van der Waals surface area contributed by atoms with Crippen LogP contribution in [0.15, 0.2) is 0 Å². The van der Waals surface area contributed by atoms with Crippen molar-refractivity contribution in [3.8, 4) is 0 Å². The van der Waals surface area contributed by atoms with E-state index in [4.69, 9.17) is 4.74 Å². The fourth-order valence-corrected chi connectivity index (χ4v) is 1.54. The Morgan fingerprint density at radius 3 is 2.25 bits per heavy atom. The minimum Gasteiger partial charge on any atom is -0.378 e. The van der Waals surface area contributed by atoms with Crippen molar-refractivity contribution in [2.45, 2.75) is 40.2 Å². The van der Waals surface area contributed by atoms with E-state index in [2.05, 4.69) is 13.8 Å². The SMILES string of the molecule is CC(C)OCC1(C=O)CC1(C)C. The third-order valence-electron chi connectivity index (χ3n) is 2.88. The summed E-state index contributed by atoms with van der Waals surface area (Å²) in [5.41, 5.74) is -0.0269. The molecule has 0 saturated heterocycles. The van der Waals surface area contributed by atoms with Crippen LogP contribution in [-0.4, -0.2) is 19.0 Å². The number of hydrogen-bond acceptors (Lipinski definition) is 2. The highest BCUT2D eigenvalue weighted by molar-refractivity contribution is 5.66. The molecule has 1 aliphatic rings. The van der Waals surface area contributed by atoms with Gasteiger partial charge in [-0.1, -0.05) is 13.8 Å². The molecule has 70 valence electrons. The standard InChI is InChI=1S/C10H18O2/c1-8(2)12-7-10(6-11)5-9(10,3)4/h6,8H,5,7H2,1-4H3. The fourth-order valence-electron chi connectivity index (χ4n) is 1.54. The van der Waals surface area contributed by atoms with Crippen molar-refractivity contribution in [2.24, 2.45) is 10.8 Å². The van der Waals surface area contributed by atoms with Crippen LogP contribution in [0.5, 0.6) is 0 Å². The second-order valence-corrected chi connectivity index (χ2v) is 4.69. The largest absolute Gasteiger partial charge is 0.378 e. The number of rotatable bonds is 4. The molecular formula is C10H18O2. The first-order chi connectivity index (χ1) is 5.43. The van der Waals surface area contributed by atoms with Crippen molar-refractivity contribution in [3.05, 3.63) is 0 Å². The molecule has 2 nitrogen and oxygen atoms in total. The Morgan fingerprint density at radius 2 is 2.00 bits per heavy atom. The van der Waals surface area contributed by atoms with E-state index in [0.717, 1.165) is 12.7 Å². The molecular weight excluding hydrogens is 152 g/mol. The Balaban J connectivity index is 2.45. The first kappa shape index (κ1) is 9.72. The third kappa shape index (κ3) is 1.53. The van der Waals surface area contributed by atoms with Crippen LogP contribution in [0.3, 0.4) is 0 Å². The van der Waals surface area contributed by atoms with Crippen molar-refractivity contribution < 1.29 is 9.53 Å². The Bertz CT molecular complexity index is 184. The smallest absolute Gasteiger partial charge is 0.129 e. The number of carbonyl (C=O) groups excluding carboxylic acids is 1. The van der Waals surface area contributed by atoms with Gasteiger partial charge in [-0.15, -0.1) is 0 Å². The molecule has 0 aliphatic heterocycles. The zero-order valence-corrected chi connectivity index (χ0v) is 8.39. The van der Waals surface area contributed by atoms with Gasteiger partial charge >= 0.3 is 0 Å². The summed E-state index contributed by atoms with van der Waals surface area (Å²) < 4.78 is 5.46. The summed E-state index contributed by atoms with van der Waals surface area (Å²) >= 11 is 0. The van der Waals surface area contributed by atoms with Crippen molar-refractivity contribution >= 4 is 6.29 Å². The molecule has 0 N–H and O–H groups in total. The van der Waals surface area contributed by atoms with E-state index in [-0.39, 0.29) is 16.9 Å². The van der Waals surface area contributed by atoms with E-state index in [0.29, 0.717) is 6.61 Å². The van der Waals surface area contributed by atoms with Gasteiger partial charge in [-0.05, 0) is 25.7 Å². The molecule has 0 radical (unpaired) electrons. The molecule has 1 saturated carbocycles. The number of hydrogen-bond donors (Lipinski definition) is 0. The van der Waals surface area contributed by atoms with Gasteiger partial charge in [0.25, 0.3) is 0 Å². The second kappa shape index (κ2) is 2.84. The van der Waals surface area contributed by atoms with Crippen LogP contribution in [-0.2, 0) is 9.53 Å². The van der Waals surface area contributed by atoms with Gasteiger partial charge in [-0.2, -0.15) is 0 Å². The lowest BCUT2D eigenvalue weighted by Gasteiger charge is -2.15. The highest BCUT2D eigenvalue weighted by Crippen LogP contribution is 2.62. The maximum absolute atomic E-state index is 10.8. The highest BCUT2D eigenvalue weighted by atomic mass is 16.5. The molecule has 0 aromatic rings. The van der Waals surface area contributed by atoms with Crippen LogP contribution in [0, 0.1) is 10.8 Å². The zero-order valence-electron chi connectivity index (χ0n) is 8.39. The van der Waals surface area contributed by atoms with E-state index >= 15 is 0 Å². The normalized spacial score (nSPS) is 32.1. The zero-order chi connectivity index (χ0) is 9.41. The summed E-state index contributed by atoms with van der Waals surface area (Å²) in [7, 11) is 0. The minimum atomic E-state index is -0.183. The average Bonchev–Trinajstić information content (AvgIpc) is 2.51. The Morgan fingerprint density at radius 1 is 1.50 bits per heavy atom. The lowest BCUT2D eigenvalue weighted by atomic mass is 9.99. The molecule has 0 bridgehead atoms. The van der Waals surface area contributed by atoms with Gasteiger partial charge < -0.3 is 9.53 Å². The predicted octanol–water partition coefficient (Wildman–Crippen LogP) is 2.03. The quantitative estimate of drug-likeness (QED) is 0.603. The molecule has 0 amide bonds. The van der Waals surface area contributed by atoms with Crippen molar-refractivity contribution in [1.29, 1.82) is 0 Å². The summed E-state index contributed by atoms with van der Waals surface area (Å²) in [6.07, 6.45) is 2.25. The molecule has 0 spiro atoms. The predicted molar refractivity (Wildman–Crippen MR) is 48.0 cm³/mol. The van der Waals surface area contributed by atoms with Crippen molar-refractivity contribution in [1.82, 2.24) is 0 Å². The highest BCUT2D eigenvalue weighted by Gasteiger charge is 2.61. The Hall–Kier alpha value is -0.370. The minimum absolute atomic E-state index is 0.156. The number of ether oxygens (including phenoxy) is 1. The molecule has 0 aromatic carbocycles. The monoisotopic (exact) mass is 170 g/mol. The van der Waals surface area contributed by atoms with Gasteiger partial charge in [0.2, 0.25) is 0 Å². The summed E-state index contributed by atoms with van der Waals surface area (Å²) in [6, 6.07) is 0. The number of carbonyl (C=O) groups is 1. The van der Waals surface area contributed by atoms with E-state index < -0.39 is 0 Å². The second-order valence-electron chi connectivity index (χ2n) is 4.69. The van der Waals surface area contributed by atoms with Gasteiger partial charge in [-0.3, -0.25) is 0 Å². The summed E-state index contributed by atoms with van der Waals surface area (Å²) in [5, 5.41) is 0. The van der Waals surface area contributed by atoms with Crippen molar-refractivity contribution in [3.63, 3.8) is 0 Å². The molecule has 0 heterocycles. The van der Waals surface area contributed by atoms with Crippen LogP contribution >= 0.6 is 0 Å². The lowest BCUT2D eigenvalue weighted by Crippen LogP contribution is -2.20. The molecule has 1 atom stereocenters. The summed E-state index contributed by atoms with van der Waals surface area (Å²) in [6.45, 7) is 8.80. The first-order valence-corrected chi connectivity index (χ1v) is 4.51. The maximum atomic E-state index is 10.8. The average molecular weight is 170 g/mol. The van der Waals surface area contributed by atoms with Gasteiger partial charge in [-0.25, -0.2) is 0 Å². The van der Waals surface area contributed by atoms with Crippen LogP contribution in [0.4, 0.5) is 0 Å². The third-order valence-corrected chi connectivity index (χ3v) is 2.88. The van der Waals surface area contributed by atoms with Crippen LogP contribution in [0.1, 0.15) is 34.1 Å². The summed E-state index contributed by atoms with van der Waals surface area (Å²) in [5.74, 6) is 0. The lowest BCUT2D eigenvalue weighted by molar-refractivity contribution is -0.116. The molecule has 2 heteroatoms. The van der Waals surface area contributed by atoms with Gasteiger partial charge in [0.15, 0.2) is 0 Å². The topological polar surface area (TPSA) is 26.3 Å². The molecule has 1 unspecified atom stereocenters. The van der Waals surface area contributed by atoms with Gasteiger partial charge in [0.05, 0.1) is 18.1 Å². The molecule has 12 heavy (non-hydrogen) atoms. The fraction of sp³-hybridized carbons (Fsp3) is 0.900. The van der Waals surface area contributed by atoms with E-state index in [1.165, 1.54) is 0 Å². The Labute approximate surface area is 74.3 Å². The first-order valence-electron chi connectivity index (χ1n) is 4.51. The van der Waals surface area contributed by atoms with Crippen LogP contribution in [0.25, 0.3) is 0 Å². The van der Waals surface area contributed by atoms with Crippen molar-refractivity contribution in [2.75, 3.05) is 6.61 Å². The summed E-state index contributed by atoms with van der Waals surface area (Å²) in [4.78, 5) is 10.8. The molecule has 1 rings (SSSR count). The molecule has 1 fully saturated rings. The Kier molecular flexibility index (Phi) is 2.30. The molecule has 0 aromatic heterocycles. The number of aldehydes is 1. The van der Waals surface area contributed by atoms with E-state index in [1.807, 2.05) is 13.8 Å². The maximum Gasteiger partial charge on any atom is 0.129 e. The van der Waals surface area contributed by atoms with E-state index in [1.54, 1.807) is 0 Å². The van der Waals surface area contributed by atoms with Crippen LogP contribution < -0.4 is 0 Å². The van der Waals surface area contributed by atoms with Crippen LogP contribution in [0.2, 0.25) is 0 Å². The molecule has 1 aliphatic carbocycles. The van der Waals surface area contributed by atoms with Gasteiger partial charge in [0, 0.05) is 0 Å².